The third-order valence-electron chi connectivity index (χ3n) is 4.11. The van der Waals surface area contributed by atoms with E-state index in [0.717, 1.165) is 25.2 Å². The molecule has 1 heterocycles. The number of nitrogens with zero attached hydrogens (tertiary/aromatic N) is 1. The summed E-state index contributed by atoms with van der Waals surface area (Å²) in [6, 6.07) is 7.28. The van der Waals surface area contributed by atoms with Gasteiger partial charge in [0.1, 0.15) is 0 Å². The van der Waals surface area contributed by atoms with Gasteiger partial charge in [-0.2, -0.15) is 0 Å². The summed E-state index contributed by atoms with van der Waals surface area (Å²) in [6.45, 7) is 8.47. The monoisotopic (exact) mass is 347 g/mol. The molecular weight excluding hydrogens is 318 g/mol. The van der Waals surface area contributed by atoms with Gasteiger partial charge in [-0.25, -0.2) is 4.79 Å². The van der Waals surface area contributed by atoms with Gasteiger partial charge < -0.3 is 15.0 Å². The van der Waals surface area contributed by atoms with Gasteiger partial charge in [0, 0.05) is 24.5 Å². The molecule has 0 radical (unpaired) electrons. The molecule has 6 nitrogen and oxygen atoms in total. The van der Waals surface area contributed by atoms with E-state index in [4.69, 9.17) is 4.74 Å². The minimum absolute atomic E-state index is 0.112. The average Bonchev–Trinajstić information content (AvgIpc) is 2.58. The molecule has 2 amide bonds. The van der Waals surface area contributed by atoms with E-state index in [9.17, 15) is 9.59 Å². The summed E-state index contributed by atoms with van der Waals surface area (Å²) in [5.74, 6) is 0.977. The molecule has 1 aromatic rings. The second-order valence-electron chi connectivity index (χ2n) is 7.14. The SMILES string of the molecule is CC(C)COC(=O)Nc1cccc(NCC(=O)N2CCC[C@@H](C)C2)c1. The van der Waals surface area contributed by atoms with Crippen LogP contribution in [0.25, 0.3) is 0 Å². The zero-order valence-corrected chi connectivity index (χ0v) is 15.4. The molecule has 0 bridgehead atoms. The number of piperidine rings is 1. The van der Waals surface area contributed by atoms with E-state index < -0.39 is 6.09 Å². The van der Waals surface area contributed by atoms with E-state index in [-0.39, 0.29) is 12.5 Å². The molecule has 0 aromatic heterocycles. The first-order chi connectivity index (χ1) is 11.9. The number of anilines is 2. The Labute approximate surface area is 149 Å². The number of nitrogens with one attached hydrogen (secondary N) is 2. The maximum atomic E-state index is 12.3. The largest absolute Gasteiger partial charge is 0.449 e. The lowest BCUT2D eigenvalue weighted by Crippen LogP contribution is -2.41. The number of amides is 2. The standard InChI is InChI=1S/C19H29N3O3/c1-14(2)13-25-19(24)21-17-8-4-7-16(10-17)20-11-18(23)22-9-5-6-15(3)12-22/h4,7-8,10,14-15,20H,5-6,9,11-13H2,1-3H3,(H,21,24)/t15-/m1/s1. The second-order valence-corrected chi connectivity index (χ2v) is 7.14. The van der Waals surface area contributed by atoms with Crippen molar-refractivity contribution in [2.24, 2.45) is 11.8 Å². The predicted molar refractivity (Wildman–Crippen MR) is 99.7 cm³/mol. The molecule has 138 valence electrons. The minimum atomic E-state index is -0.468. The normalized spacial score (nSPS) is 17.3. The Morgan fingerprint density at radius 3 is 2.80 bits per heavy atom. The summed E-state index contributed by atoms with van der Waals surface area (Å²) in [4.78, 5) is 25.9. The van der Waals surface area contributed by atoms with Crippen LogP contribution >= 0.6 is 0 Å². The lowest BCUT2D eigenvalue weighted by molar-refractivity contribution is -0.130. The van der Waals surface area contributed by atoms with Crippen LogP contribution in [-0.4, -0.2) is 43.1 Å². The number of ether oxygens (including phenoxy) is 1. The molecule has 1 aliphatic rings. The van der Waals surface area contributed by atoms with E-state index in [1.54, 1.807) is 12.1 Å². The Morgan fingerprint density at radius 1 is 1.32 bits per heavy atom. The molecule has 1 saturated heterocycles. The van der Waals surface area contributed by atoms with Crippen molar-refractivity contribution >= 4 is 23.4 Å². The summed E-state index contributed by atoms with van der Waals surface area (Å²) in [6.07, 6.45) is 1.80. The number of likely N-dealkylation sites (tertiary alicyclic amines) is 1. The quantitative estimate of drug-likeness (QED) is 0.825. The van der Waals surface area contributed by atoms with Gasteiger partial charge in [0.2, 0.25) is 5.91 Å². The van der Waals surface area contributed by atoms with E-state index in [1.807, 2.05) is 30.9 Å². The van der Waals surface area contributed by atoms with Crippen molar-refractivity contribution in [1.29, 1.82) is 0 Å². The Bertz CT molecular complexity index is 589. The Balaban J connectivity index is 1.82. The van der Waals surface area contributed by atoms with Crippen molar-refractivity contribution in [3.05, 3.63) is 24.3 Å². The van der Waals surface area contributed by atoms with Crippen molar-refractivity contribution in [2.45, 2.75) is 33.6 Å². The van der Waals surface area contributed by atoms with Crippen molar-refractivity contribution in [3.8, 4) is 0 Å². The number of rotatable bonds is 6. The van der Waals surface area contributed by atoms with Crippen LogP contribution in [0.2, 0.25) is 0 Å². The van der Waals surface area contributed by atoms with Crippen LogP contribution in [0.15, 0.2) is 24.3 Å². The highest BCUT2D eigenvalue weighted by atomic mass is 16.5. The van der Waals surface area contributed by atoms with Crippen LogP contribution in [0, 0.1) is 11.8 Å². The van der Waals surface area contributed by atoms with Gasteiger partial charge in [-0.3, -0.25) is 10.1 Å². The van der Waals surface area contributed by atoms with Gasteiger partial charge in [-0.15, -0.1) is 0 Å². The lowest BCUT2D eigenvalue weighted by atomic mass is 10.0. The molecule has 2 N–H and O–H groups in total. The van der Waals surface area contributed by atoms with E-state index >= 15 is 0 Å². The van der Waals surface area contributed by atoms with Crippen molar-refractivity contribution in [2.75, 3.05) is 36.9 Å². The molecule has 0 spiro atoms. The zero-order valence-electron chi connectivity index (χ0n) is 15.4. The van der Waals surface area contributed by atoms with E-state index in [0.29, 0.717) is 24.1 Å². The third kappa shape index (κ3) is 6.64. The van der Waals surface area contributed by atoms with E-state index in [2.05, 4.69) is 17.6 Å². The highest BCUT2D eigenvalue weighted by molar-refractivity contribution is 5.86. The van der Waals surface area contributed by atoms with Crippen LogP contribution in [0.4, 0.5) is 16.2 Å². The topological polar surface area (TPSA) is 70.7 Å². The van der Waals surface area contributed by atoms with Crippen LogP contribution in [0.3, 0.4) is 0 Å². The number of hydrogen-bond acceptors (Lipinski definition) is 4. The maximum Gasteiger partial charge on any atom is 0.411 e. The molecule has 25 heavy (non-hydrogen) atoms. The second kappa shape index (κ2) is 9.30. The summed E-state index contributed by atoms with van der Waals surface area (Å²) < 4.78 is 5.10. The first kappa shape index (κ1) is 19.1. The molecule has 1 atom stereocenters. The number of benzene rings is 1. The van der Waals surface area contributed by atoms with Crippen LogP contribution < -0.4 is 10.6 Å². The van der Waals surface area contributed by atoms with Gasteiger partial charge in [0.25, 0.3) is 0 Å². The number of hydrogen-bond donors (Lipinski definition) is 2. The summed E-state index contributed by atoms with van der Waals surface area (Å²) in [5.41, 5.74) is 1.43. The Hall–Kier alpha value is -2.24. The van der Waals surface area contributed by atoms with Gasteiger partial charge in [-0.05, 0) is 42.9 Å². The van der Waals surface area contributed by atoms with Crippen molar-refractivity contribution < 1.29 is 14.3 Å². The fraction of sp³-hybridized carbons (Fsp3) is 0.579. The highest BCUT2D eigenvalue weighted by Crippen LogP contribution is 2.17. The molecule has 6 heteroatoms. The Morgan fingerprint density at radius 2 is 2.08 bits per heavy atom. The first-order valence-corrected chi connectivity index (χ1v) is 8.99. The molecule has 0 aliphatic carbocycles. The maximum absolute atomic E-state index is 12.3. The molecule has 0 saturated carbocycles. The molecular formula is C19H29N3O3. The Kier molecular flexibility index (Phi) is 7.10. The van der Waals surface area contributed by atoms with Crippen LogP contribution in [-0.2, 0) is 9.53 Å². The number of carbonyl (C=O) groups excluding carboxylic acids is 2. The zero-order chi connectivity index (χ0) is 18.2. The fourth-order valence-corrected chi connectivity index (χ4v) is 2.81. The average molecular weight is 347 g/mol. The molecule has 1 fully saturated rings. The van der Waals surface area contributed by atoms with Crippen molar-refractivity contribution in [3.63, 3.8) is 0 Å². The molecule has 2 rings (SSSR count). The van der Waals surface area contributed by atoms with Crippen molar-refractivity contribution in [1.82, 2.24) is 4.90 Å². The highest BCUT2D eigenvalue weighted by Gasteiger charge is 2.20. The van der Waals surface area contributed by atoms with Gasteiger partial charge in [0.15, 0.2) is 0 Å². The summed E-state index contributed by atoms with van der Waals surface area (Å²) in [5, 5.41) is 5.84. The van der Waals surface area contributed by atoms with Crippen LogP contribution in [0.1, 0.15) is 33.6 Å². The summed E-state index contributed by atoms with van der Waals surface area (Å²) >= 11 is 0. The van der Waals surface area contributed by atoms with Gasteiger partial charge in [-0.1, -0.05) is 26.8 Å². The third-order valence-corrected chi connectivity index (χ3v) is 4.11. The molecule has 0 unspecified atom stereocenters. The molecule has 1 aliphatic heterocycles. The van der Waals surface area contributed by atoms with Gasteiger partial charge >= 0.3 is 6.09 Å². The molecule has 1 aromatic carbocycles. The lowest BCUT2D eigenvalue weighted by Gasteiger charge is -2.31. The smallest absolute Gasteiger partial charge is 0.411 e. The predicted octanol–water partition coefficient (Wildman–Crippen LogP) is 3.56. The van der Waals surface area contributed by atoms with Crippen LogP contribution in [0.5, 0.6) is 0 Å². The van der Waals surface area contributed by atoms with E-state index in [1.165, 1.54) is 6.42 Å². The first-order valence-electron chi connectivity index (χ1n) is 8.99. The van der Waals surface area contributed by atoms with Gasteiger partial charge in [0.05, 0.1) is 13.2 Å². The minimum Gasteiger partial charge on any atom is -0.449 e. The fourth-order valence-electron chi connectivity index (χ4n) is 2.81. The summed E-state index contributed by atoms with van der Waals surface area (Å²) in [7, 11) is 0. The number of carbonyl (C=O) groups is 2.